The summed E-state index contributed by atoms with van der Waals surface area (Å²) < 4.78 is 4.82. The fraction of sp³-hybridized carbons (Fsp3) is 1.00. The van der Waals surface area contributed by atoms with Gasteiger partial charge < -0.3 is 15.2 Å². The van der Waals surface area contributed by atoms with Crippen LogP contribution >= 0.6 is 0 Å². The number of rotatable bonds is 5. The average molecular weight is 131 g/mol. The van der Waals surface area contributed by atoms with Crippen molar-refractivity contribution in [2.45, 2.75) is 6.04 Å². The van der Waals surface area contributed by atoms with Crippen molar-refractivity contribution in [2.24, 2.45) is 0 Å². The Labute approximate surface area is 56.8 Å². The monoisotopic (exact) mass is 131 g/mol. The van der Waals surface area contributed by atoms with Gasteiger partial charge in [-0.3, -0.25) is 0 Å². The lowest BCUT2D eigenvalue weighted by Crippen LogP contribution is -2.37. The first-order valence-electron chi connectivity index (χ1n) is 3.18. The van der Waals surface area contributed by atoms with Gasteiger partial charge in [-0.1, -0.05) is 0 Å². The molecule has 0 amide bonds. The maximum absolute atomic E-state index is 8.65. The first kappa shape index (κ1) is 8.94. The lowest BCUT2D eigenvalue weighted by Gasteiger charge is -2.12. The Hall–Kier alpha value is -0.0551. The molecule has 3 nitrogen and oxygen atoms in total. The van der Waals surface area contributed by atoms with E-state index in [9.17, 15) is 0 Å². The van der Waals surface area contributed by atoms with Gasteiger partial charge in [0.1, 0.15) is 7.85 Å². The minimum absolute atomic E-state index is 0.0972. The van der Waals surface area contributed by atoms with E-state index in [4.69, 9.17) is 9.84 Å². The van der Waals surface area contributed by atoms with Gasteiger partial charge in [-0.2, -0.15) is 0 Å². The van der Waals surface area contributed by atoms with Crippen LogP contribution in [0.3, 0.4) is 0 Å². The molecule has 0 saturated heterocycles. The molecule has 0 heterocycles. The second-order valence-corrected chi connectivity index (χ2v) is 1.89. The smallest absolute Gasteiger partial charge is 0.119 e. The Balaban J connectivity index is 3.18. The molecular formula is C5H14BNO2. The van der Waals surface area contributed by atoms with E-state index in [1.807, 2.05) is 7.85 Å². The van der Waals surface area contributed by atoms with Crippen molar-refractivity contribution in [1.82, 2.24) is 5.32 Å². The van der Waals surface area contributed by atoms with Crippen LogP contribution in [0.5, 0.6) is 0 Å². The maximum Gasteiger partial charge on any atom is 0.119 e. The highest BCUT2D eigenvalue weighted by atomic mass is 16.5. The molecule has 1 atom stereocenters. The van der Waals surface area contributed by atoms with Crippen molar-refractivity contribution in [3.05, 3.63) is 0 Å². The molecule has 0 rings (SSSR count). The fourth-order valence-corrected chi connectivity index (χ4v) is 0.666. The van der Waals surface area contributed by atoms with Gasteiger partial charge in [0.25, 0.3) is 0 Å². The van der Waals surface area contributed by atoms with Gasteiger partial charge in [0.2, 0.25) is 0 Å². The molecule has 0 bridgehead atoms. The number of aliphatic hydroxyl groups excluding tert-OH is 1. The zero-order valence-electron chi connectivity index (χ0n) is 6.05. The van der Waals surface area contributed by atoms with Crippen LogP contribution < -0.4 is 5.32 Å². The van der Waals surface area contributed by atoms with E-state index in [0.29, 0.717) is 6.61 Å². The highest BCUT2D eigenvalue weighted by molar-refractivity contribution is 6.08. The number of aliphatic hydroxyl groups is 1. The summed E-state index contributed by atoms with van der Waals surface area (Å²) in [6.07, 6.45) is 0.870. The highest BCUT2D eigenvalue weighted by Gasteiger charge is 2.01. The highest BCUT2D eigenvalue weighted by Crippen LogP contribution is 1.80. The third kappa shape index (κ3) is 4.45. The Morgan fingerprint density at radius 3 is 2.78 bits per heavy atom. The summed E-state index contributed by atoms with van der Waals surface area (Å²) in [5.41, 5.74) is 0. The van der Waals surface area contributed by atoms with E-state index in [0.717, 1.165) is 6.44 Å². The number of ether oxygens (including phenoxy) is 1. The van der Waals surface area contributed by atoms with Crippen LogP contribution in [0.25, 0.3) is 0 Å². The molecule has 2 N–H and O–H groups in total. The number of methoxy groups -OCH3 is 1. The predicted octanol–water partition coefficient (Wildman–Crippen LogP) is -1.83. The van der Waals surface area contributed by atoms with Crippen LogP contribution in [-0.2, 0) is 4.74 Å². The topological polar surface area (TPSA) is 41.5 Å². The van der Waals surface area contributed by atoms with Crippen LogP contribution in [0.2, 0.25) is 0 Å². The van der Waals surface area contributed by atoms with Crippen LogP contribution in [0.1, 0.15) is 0 Å². The minimum Gasteiger partial charge on any atom is -0.395 e. The van der Waals surface area contributed by atoms with Crippen LogP contribution in [-0.4, -0.2) is 45.8 Å². The molecule has 9 heavy (non-hydrogen) atoms. The number of nitrogens with one attached hydrogen (secondary N) is 1. The van der Waals surface area contributed by atoms with Crippen molar-refractivity contribution in [2.75, 3.05) is 26.8 Å². The summed E-state index contributed by atoms with van der Waals surface area (Å²) in [6.45, 7) is 0.714. The molecule has 0 spiro atoms. The zero-order chi connectivity index (χ0) is 7.11. The second-order valence-electron chi connectivity index (χ2n) is 1.89. The molecule has 0 aromatic carbocycles. The molecule has 54 valence electrons. The normalized spacial score (nSPS) is 13.6. The molecule has 0 aliphatic rings. The third-order valence-electron chi connectivity index (χ3n) is 1.08. The molecule has 0 aliphatic heterocycles. The Morgan fingerprint density at radius 1 is 1.78 bits per heavy atom. The molecule has 0 saturated carbocycles. The molecular weight excluding hydrogens is 117 g/mol. The largest absolute Gasteiger partial charge is 0.395 e. The predicted molar refractivity (Wildman–Crippen MR) is 39.3 cm³/mol. The third-order valence-corrected chi connectivity index (χ3v) is 1.08. The molecule has 0 fully saturated rings. The summed E-state index contributed by atoms with van der Waals surface area (Å²) in [4.78, 5) is 0. The second kappa shape index (κ2) is 6.07. The van der Waals surface area contributed by atoms with Gasteiger partial charge in [0.15, 0.2) is 0 Å². The Morgan fingerprint density at radius 2 is 2.44 bits per heavy atom. The fourth-order valence-electron chi connectivity index (χ4n) is 0.666. The van der Waals surface area contributed by atoms with Crippen molar-refractivity contribution in [3.8, 4) is 0 Å². The molecule has 4 heteroatoms. The molecule has 0 unspecified atom stereocenters. The van der Waals surface area contributed by atoms with Gasteiger partial charge in [0.05, 0.1) is 19.3 Å². The summed E-state index contributed by atoms with van der Waals surface area (Å²) in [6, 6.07) is 0.0972. The van der Waals surface area contributed by atoms with E-state index in [1.54, 1.807) is 7.11 Å². The Kier molecular flexibility index (Phi) is 6.03. The van der Waals surface area contributed by atoms with Crippen LogP contribution in [0.15, 0.2) is 0 Å². The summed E-state index contributed by atoms with van der Waals surface area (Å²) in [5.74, 6) is 0. The quantitative estimate of drug-likeness (QED) is 0.431. The van der Waals surface area contributed by atoms with E-state index in [1.165, 1.54) is 0 Å². The molecule has 0 radical (unpaired) electrons. The van der Waals surface area contributed by atoms with Gasteiger partial charge in [0, 0.05) is 7.11 Å². The molecule has 0 aromatic heterocycles. The van der Waals surface area contributed by atoms with E-state index in [2.05, 4.69) is 5.32 Å². The number of hydrogen-bond donors (Lipinski definition) is 2. The summed E-state index contributed by atoms with van der Waals surface area (Å²) >= 11 is 0. The number of hydrogen-bond acceptors (Lipinski definition) is 3. The van der Waals surface area contributed by atoms with E-state index < -0.39 is 0 Å². The maximum atomic E-state index is 8.65. The Bertz CT molecular complexity index is 56.9. The summed E-state index contributed by atoms with van der Waals surface area (Å²) in [5, 5.41) is 11.7. The van der Waals surface area contributed by atoms with Crippen molar-refractivity contribution >= 4 is 7.85 Å². The van der Waals surface area contributed by atoms with Crippen molar-refractivity contribution in [1.29, 1.82) is 0 Å². The first-order chi connectivity index (χ1) is 4.35. The lowest BCUT2D eigenvalue weighted by molar-refractivity contribution is 0.131. The van der Waals surface area contributed by atoms with Crippen LogP contribution in [0.4, 0.5) is 0 Å². The van der Waals surface area contributed by atoms with Gasteiger partial charge in [-0.15, -0.1) is 0 Å². The molecule has 0 aromatic rings. The minimum atomic E-state index is 0.0972. The SMILES string of the molecule is BCN[C@@H](CO)COC. The van der Waals surface area contributed by atoms with Gasteiger partial charge >= 0.3 is 0 Å². The van der Waals surface area contributed by atoms with Crippen LogP contribution in [0, 0.1) is 0 Å². The van der Waals surface area contributed by atoms with E-state index >= 15 is 0 Å². The van der Waals surface area contributed by atoms with Gasteiger partial charge in [-0.25, -0.2) is 0 Å². The van der Waals surface area contributed by atoms with Crippen molar-refractivity contribution in [3.63, 3.8) is 0 Å². The van der Waals surface area contributed by atoms with Crippen molar-refractivity contribution < 1.29 is 9.84 Å². The van der Waals surface area contributed by atoms with E-state index in [-0.39, 0.29) is 12.6 Å². The van der Waals surface area contributed by atoms with Gasteiger partial charge in [-0.05, 0) is 6.44 Å². The standard InChI is InChI=1S/C5H14BNO2/c1-9-3-5(2-8)7-4-6/h5,7-8H,2-4,6H2,1H3/t5-/m0/s1. The average Bonchev–Trinajstić information content (AvgIpc) is 1.88. The lowest BCUT2D eigenvalue weighted by atomic mass is 10.1. The zero-order valence-corrected chi connectivity index (χ0v) is 6.05. The summed E-state index contributed by atoms with van der Waals surface area (Å²) in [7, 11) is 3.62. The molecule has 0 aliphatic carbocycles. The first-order valence-corrected chi connectivity index (χ1v) is 3.18.